The van der Waals surface area contributed by atoms with Crippen LogP contribution in [-0.2, 0) is 0 Å². The number of benzene rings is 1. The first-order valence-electron chi connectivity index (χ1n) is 6.19. The zero-order valence-electron chi connectivity index (χ0n) is 11.1. The van der Waals surface area contributed by atoms with Crippen molar-refractivity contribution >= 4 is 52.3 Å². The first kappa shape index (κ1) is 16.1. The predicted molar refractivity (Wildman–Crippen MR) is 85.5 cm³/mol. The summed E-state index contributed by atoms with van der Waals surface area (Å²) in [5.41, 5.74) is 0.335. The van der Waals surface area contributed by atoms with Gasteiger partial charge in [-0.2, -0.15) is 4.98 Å². The van der Waals surface area contributed by atoms with E-state index in [1.807, 2.05) is 6.92 Å². The largest absolute Gasteiger partial charge is 0.354 e. The van der Waals surface area contributed by atoms with Crippen LogP contribution in [0.3, 0.4) is 0 Å². The van der Waals surface area contributed by atoms with Crippen LogP contribution in [0, 0.1) is 5.82 Å². The van der Waals surface area contributed by atoms with Gasteiger partial charge in [0.15, 0.2) is 5.82 Å². The van der Waals surface area contributed by atoms with Gasteiger partial charge < -0.3 is 10.6 Å². The van der Waals surface area contributed by atoms with Gasteiger partial charge in [-0.1, -0.05) is 41.7 Å². The summed E-state index contributed by atoms with van der Waals surface area (Å²) in [4.78, 5) is 8.29. The van der Waals surface area contributed by atoms with Crippen molar-refractivity contribution in [1.29, 1.82) is 0 Å². The molecular formula is C13H12Cl3FN4. The molecule has 2 aromatic rings. The Kier molecular flexibility index (Phi) is 5.45. The van der Waals surface area contributed by atoms with Crippen LogP contribution in [0.5, 0.6) is 0 Å². The van der Waals surface area contributed by atoms with Crippen LogP contribution in [0.15, 0.2) is 18.3 Å². The molecule has 4 nitrogen and oxygen atoms in total. The molecule has 0 saturated heterocycles. The molecule has 0 aliphatic rings. The summed E-state index contributed by atoms with van der Waals surface area (Å²) in [6.45, 7) is 2.76. The van der Waals surface area contributed by atoms with Crippen molar-refractivity contribution in [2.45, 2.75) is 13.3 Å². The smallest absolute Gasteiger partial charge is 0.224 e. The minimum absolute atomic E-state index is 0.137. The lowest BCUT2D eigenvalue weighted by Crippen LogP contribution is -2.06. The summed E-state index contributed by atoms with van der Waals surface area (Å²) in [6.07, 6.45) is 2.39. The second-order valence-corrected chi connectivity index (χ2v) is 5.41. The summed E-state index contributed by atoms with van der Waals surface area (Å²) < 4.78 is 13.2. The molecule has 0 aliphatic carbocycles. The molecular weight excluding hydrogens is 338 g/mol. The van der Waals surface area contributed by atoms with E-state index in [9.17, 15) is 4.39 Å². The van der Waals surface area contributed by atoms with Gasteiger partial charge in [-0.05, 0) is 18.6 Å². The Labute approximate surface area is 136 Å². The van der Waals surface area contributed by atoms with Crippen molar-refractivity contribution in [2.75, 3.05) is 17.2 Å². The van der Waals surface area contributed by atoms with Crippen LogP contribution in [0.25, 0.3) is 0 Å². The molecule has 0 radical (unpaired) electrons. The minimum Gasteiger partial charge on any atom is -0.354 e. The van der Waals surface area contributed by atoms with Crippen LogP contribution < -0.4 is 10.6 Å². The molecule has 0 unspecified atom stereocenters. The SMILES string of the molecule is CCCNc1ncc(Cl)c(Nc2c(Cl)cc(F)cc2Cl)n1. The molecule has 2 N–H and O–H groups in total. The third-order valence-corrected chi connectivity index (χ3v) is 3.40. The Morgan fingerprint density at radius 3 is 2.43 bits per heavy atom. The summed E-state index contributed by atoms with van der Waals surface area (Å²) in [7, 11) is 0. The Morgan fingerprint density at radius 2 is 1.81 bits per heavy atom. The fourth-order valence-electron chi connectivity index (χ4n) is 1.56. The second-order valence-electron chi connectivity index (χ2n) is 4.19. The Morgan fingerprint density at radius 1 is 1.14 bits per heavy atom. The van der Waals surface area contributed by atoms with Gasteiger partial charge >= 0.3 is 0 Å². The molecule has 112 valence electrons. The fraction of sp³-hybridized carbons (Fsp3) is 0.231. The van der Waals surface area contributed by atoms with Crippen molar-refractivity contribution in [3.05, 3.63) is 39.2 Å². The number of aromatic nitrogens is 2. The number of anilines is 3. The number of nitrogens with one attached hydrogen (secondary N) is 2. The van der Waals surface area contributed by atoms with Gasteiger partial charge in [-0.25, -0.2) is 9.37 Å². The van der Waals surface area contributed by atoms with Crippen molar-refractivity contribution in [2.24, 2.45) is 0 Å². The van der Waals surface area contributed by atoms with E-state index in [-0.39, 0.29) is 10.0 Å². The second kappa shape index (κ2) is 7.11. The van der Waals surface area contributed by atoms with E-state index < -0.39 is 5.82 Å². The topological polar surface area (TPSA) is 49.8 Å². The van der Waals surface area contributed by atoms with Crippen molar-refractivity contribution in [1.82, 2.24) is 9.97 Å². The summed E-state index contributed by atoms with van der Waals surface area (Å²) in [5, 5.41) is 6.51. The molecule has 1 heterocycles. The summed E-state index contributed by atoms with van der Waals surface area (Å²) in [5.74, 6) is 0.244. The zero-order chi connectivity index (χ0) is 15.4. The highest BCUT2D eigenvalue weighted by atomic mass is 35.5. The molecule has 1 aromatic carbocycles. The first-order chi connectivity index (χ1) is 10.0. The molecule has 2 rings (SSSR count). The fourth-order valence-corrected chi connectivity index (χ4v) is 2.25. The van der Waals surface area contributed by atoms with Crippen LogP contribution >= 0.6 is 34.8 Å². The van der Waals surface area contributed by atoms with Crippen molar-refractivity contribution in [3.63, 3.8) is 0 Å². The average molecular weight is 350 g/mol. The zero-order valence-corrected chi connectivity index (χ0v) is 13.3. The molecule has 21 heavy (non-hydrogen) atoms. The summed E-state index contributed by atoms with van der Waals surface area (Å²) in [6, 6.07) is 2.31. The number of halogens is 4. The first-order valence-corrected chi connectivity index (χ1v) is 7.32. The Hall–Kier alpha value is -1.30. The Bertz CT molecular complexity index is 628. The predicted octanol–water partition coefficient (Wildman–Crippen LogP) is 5.14. The minimum atomic E-state index is -0.519. The molecule has 0 bridgehead atoms. The van der Waals surface area contributed by atoms with Crippen LogP contribution in [-0.4, -0.2) is 16.5 Å². The summed E-state index contributed by atoms with van der Waals surface area (Å²) >= 11 is 18.0. The third-order valence-electron chi connectivity index (χ3n) is 2.53. The lowest BCUT2D eigenvalue weighted by molar-refractivity contribution is 0.628. The Balaban J connectivity index is 2.31. The average Bonchev–Trinajstić information content (AvgIpc) is 2.43. The molecule has 0 spiro atoms. The van der Waals surface area contributed by atoms with E-state index in [1.54, 1.807) is 0 Å². The number of rotatable bonds is 5. The van der Waals surface area contributed by atoms with E-state index >= 15 is 0 Å². The van der Waals surface area contributed by atoms with Gasteiger partial charge in [0.1, 0.15) is 10.8 Å². The normalized spacial score (nSPS) is 10.5. The van der Waals surface area contributed by atoms with Gasteiger partial charge in [-0.15, -0.1) is 0 Å². The van der Waals surface area contributed by atoms with Crippen LogP contribution in [0.1, 0.15) is 13.3 Å². The maximum absolute atomic E-state index is 13.2. The highest BCUT2D eigenvalue weighted by Crippen LogP contribution is 2.35. The number of hydrogen-bond donors (Lipinski definition) is 2. The van der Waals surface area contributed by atoms with Gasteiger partial charge in [0.05, 0.1) is 21.9 Å². The maximum atomic E-state index is 13.2. The van der Waals surface area contributed by atoms with E-state index in [1.165, 1.54) is 6.20 Å². The van der Waals surface area contributed by atoms with Gasteiger partial charge in [0, 0.05) is 6.54 Å². The quantitative estimate of drug-likeness (QED) is 0.784. The molecule has 0 amide bonds. The number of hydrogen-bond acceptors (Lipinski definition) is 4. The van der Waals surface area contributed by atoms with Crippen LogP contribution in [0.2, 0.25) is 15.1 Å². The van der Waals surface area contributed by atoms with Gasteiger partial charge in [0.2, 0.25) is 5.95 Å². The van der Waals surface area contributed by atoms with Crippen molar-refractivity contribution in [3.8, 4) is 0 Å². The lowest BCUT2D eigenvalue weighted by atomic mass is 10.3. The molecule has 0 fully saturated rings. The number of nitrogens with zero attached hydrogens (tertiary/aromatic N) is 2. The highest BCUT2D eigenvalue weighted by molar-refractivity contribution is 6.39. The molecule has 1 aromatic heterocycles. The van der Waals surface area contributed by atoms with E-state index in [4.69, 9.17) is 34.8 Å². The molecule has 8 heteroatoms. The molecule has 0 saturated carbocycles. The third kappa shape index (κ3) is 4.09. The van der Waals surface area contributed by atoms with Crippen molar-refractivity contribution < 1.29 is 4.39 Å². The van der Waals surface area contributed by atoms with E-state index in [0.29, 0.717) is 22.5 Å². The lowest BCUT2D eigenvalue weighted by Gasteiger charge is -2.12. The van der Waals surface area contributed by atoms with Gasteiger partial charge in [-0.3, -0.25) is 0 Å². The standard InChI is InChI=1S/C13H12Cl3FN4/c1-2-3-18-13-19-6-10(16)12(21-13)20-11-8(14)4-7(17)5-9(11)15/h4-6H,2-3H2,1H3,(H2,18,19,20,21). The van der Waals surface area contributed by atoms with E-state index in [0.717, 1.165) is 25.1 Å². The monoisotopic (exact) mass is 348 g/mol. The molecule has 0 atom stereocenters. The van der Waals surface area contributed by atoms with E-state index in [2.05, 4.69) is 20.6 Å². The molecule has 0 aliphatic heterocycles. The maximum Gasteiger partial charge on any atom is 0.224 e. The van der Waals surface area contributed by atoms with Gasteiger partial charge in [0.25, 0.3) is 0 Å². The van der Waals surface area contributed by atoms with Crippen LogP contribution in [0.4, 0.5) is 21.8 Å². The highest BCUT2D eigenvalue weighted by Gasteiger charge is 2.12.